The first kappa shape index (κ1) is 14.6. The molecule has 1 aromatic carbocycles. The Balaban J connectivity index is 1.96. The number of hydrogen-bond acceptors (Lipinski definition) is 3. The zero-order chi connectivity index (χ0) is 14.3. The minimum absolute atomic E-state index is 0.121. The molecule has 0 spiro atoms. The van der Waals surface area contributed by atoms with Crippen LogP contribution in [-0.4, -0.2) is 7.05 Å². The molecule has 0 amide bonds. The molecule has 0 fully saturated rings. The Kier molecular flexibility index (Phi) is 4.22. The van der Waals surface area contributed by atoms with Crippen LogP contribution in [0.3, 0.4) is 0 Å². The summed E-state index contributed by atoms with van der Waals surface area (Å²) in [7, 11) is 2.01. The van der Waals surface area contributed by atoms with Crippen LogP contribution in [-0.2, 0) is 0 Å². The molecule has 2 aromatic rings. The molecule has 2 unspecified atom stereocenters. The van der Waals surface area contributed by atoms with E-state index >= 15 is 0 Å². The van der Waals surface area contributed by atoms with Crippen LogP contribution in [0.5, 0.6) is 5.75 Å². The molecule has 0 saturated heterocycles. The van der Waals surface area contributed by atoms with Gasteiger partial charge in [-0.15, -0.1) is 11.3 Å². The third kappa shape index (κ3) is 2.69. The minimum Gasteiger partial charge on any atom is -0.484 e. The lowest BCUT2D eigenvalue weighted by Crippen LogP contribution is -2.26. The van der Waals surface area contributed by atoms with Gasteiger partial charge in [-0.25, -0.2) is 0 Å². The van der Waals surface area contributed by atoms with Crippen molar-refractivity contribution in [3.8, 4) is 5.75 Å². The van der Waals surface area contributed by atoms with Crippen LogP contribution in [0.25, 0.3) is 0 Å². The standard InChI is InChI=1S/C15H15Br2NOS/c1-8-11(17)6-15(20-8)14-7-12(18-2)10-5-9(16)3-4-13(10)19-14/h3-6,12,14,18H,7H2,1-2H3. The monoisotopic (exact) mass is 415 g/mol. The molecule has 0 saturated carbocycles. The minimum atomic E-state index is 0.121. The molecule has 5 heteroatoms. The summed E-state index contributed by atoms with van der Waals surface area (Å²) in [4.78, 5) is 2.58. The van der Waals surface area contributed by atoms with Crippen molar-refractivity contribution < 1.29 is 4.74 Å². The molecule has 1 aromatic heterocycles. The van der Waals surface area contributed by atoms with Gasteiger partial charge in [-0.3, -0.25) is 0 Å². The maximum absolute atomic E-state index is 6.20. The van der Waals surface area contributed by atoms with Gasteiger partial charge in [0, 0.05) is 36.7 Å². The van der Waals surface area contributed by atoms with Crippen LogP contribution in [0, 0.1) is 6.92 Å². The lowest BCUT2D eigenvalue weighted by Gasteiger charge is -2.31. The van der Waals surface area contributed by atoms with E-state index in [0.717, 1.165) is 16.6 Å². The molecular formula is C15H15Br2NOS. The van der Waals surface area contributed by atoms with Gasteiger partial charge >= 0.3 is 0 Å². The number of ether oxygens (including phenoxy) is 1. The fourth-order valence-electron chi connectivity index (χ4n) is 2.53. The molecule has 0 bridgehead atoms. The smallest absolute Gasteiger partial charge is 0.135 e. The second-order valence-electron chi connectivity index (χ2n) is 4.92. The molecule has 1 N–H and O–H groups in total. The van der Waals surface area contributed by atoms with Gasteiger partial charge in [0.05, 0.1) is 0 Å². The summed E-state index contributed by atoms with van der Waals surface area (Å²) in [6.45, 7) is 2.13. The zero-order valence-corrected chi connectivity index (χ0v) is 15.2. The topological polar surface area (TPSA) is 21.3 Å². The van der Waals surface area contributed by atoms with Crippen molar-refractivity contribution in [2.75, 3.05) is 7.05 Å². The van der Waals surface area contributed by atoms with Crippen LogP contribution in [0.1, 0.15) is 33.9 Å². The quantitative estimate of drug-likeness (QED) is 0.710. The van der Waals surface area contributed by atoms with Crippen LogP contribution in [0.15, 0.2) is 33.2 Å². The number of rotatable bonds is 2. The molecule has 1 aliphatic rings. The fourth-order valence-corrected chi connectivity index (χ4v) is 4.51. The first-order valence-corrected chi connectivity index (χ1v) is 8.88. The van der Waals surface area contributed by atoms with Crippen molar-refractivity contribution in [2.24, 2.45) is 0 Å². The van der Waals surface area contributed by atoms with E-state index in [1.54, 1.807) is 11.3 Å². The van der Waals surface area contributed by atoms with Gasteiger partial charge in [-0.2, -0.15) is 0 Å². The first-order valence-electron chi connectivity index (χ1n) is 6.47. The maximum atomic E-state index is 6.20. The van der Waals surface area contributed by atoms with E-state index in [2.05, 4.69) is 56.2 Å². The van der Waals surface area contributed by atoms with Crippen molar-refractivity contribution >= 4 is 43.2 Å². The maximum Gasteiger partial charge on any atom is 0.135 e. The highest BCUT2D eigenvalue weighted by Gasteiger charge is 2.29. The van der Waals surface area contributed by atoms with E-state index in [1.165, 1.54) is 19.8 Å². The number of halogens is 2. The van der Waals surface area contributed by atoms with Gasteiger partial charge < -0.3 is 10.1 Å². The molecule has 106 valence electrons. The number of aryl methyl sites for hydroxylation is 1. The molecule has 2 nitrogen and oxygen atoms in total. The second-order valence-corrected chi connectivity index (χ2v) is 7.98. The predicted octanol–water partition coefficient (Wildman–Crippen LogP) is 5.37. The average Bonchev–Trinajstić information content (AvgIpc) is 2.77. The van der Waals surface area contributed by atoms with Crippen LogP contribution >= 0.6 is 43.2 Å². The third-order valence-electron chi connectivity index (χ3n) is 3.61. The number of benzene rings is 1. The van der Waals surface area contributed by atoms with E-state index in [1.807, 2.05) is 19.2 Å². The highest BCUT2D eigenvalue weighted by molar-refractivity contribution is 9.10. The van der Waals surface area contributed by atoms with Gasteiger partial charge in [0.15, 0.2) is 0 Å². The molecule has 2 atom stereocenters. The summed E-state index contributed by atoms with van der Waals surface area (Å²) in [6, 6.07) is 8.72. The second kappa shape index (κ2) is 5.79. The van der Waals surface area contributed by atoms with E-state index < -0.39 is 0 Å². The predicted molar refractivity (Wildman–Crippen MR) is 90.7 cm³/mol. The summed E-state index contributed by atoms with van der Waals surface area (Å²) in [5.74, 6) is 0.978. The van der Waals surface area contributed by atoms with Crippen LogP contribution in [0.2, 0.25) is 0 Å². The number of nitrogens with one attached hydrogen (secondary N) is 1. The van der Waals surface area contributed by atoms with E-state index in [-0.39, 0.29) is 6.10 Å². The molecule has 0 radical (unpaired) electrons. The third-order valence-corrected chi connectivity index (χ3v) is 6.33. The SMILES string of the molecule is CNC1CC(c2cc(Br)c(C)s2)Oc2ccc(Br)cc21. The van der Waals surface area contributed by atoms with Gasteiger partial charge in [-0.1, -0.05) is 15.9 Å². The van der Waals surface area contributed by atoms with E-state index in [0.29, 0.717) is 6.04 Å². The Bertz CT molecular complexity index is 621. The Morgan fingerprint density at radius 1 is 1.30 bits per heavy atom. The molecule has 2 heterocycles. The van der Waals surface area contributed by atoms with Gasteiger partial charge in [0.2, 0.25) is 0 Å². The molecule has 1 aliphatic heterocycles. The van der Waals surface area contributed by atoms with Crippen molar-refractivity contribution in [1.29, 1.82) is 0 Å². The number of thiophene rings is 1. The van der Waals surface area contributed by atoms with Gasteiger partial charge in [-0.05, 0) is 54.2 Å². The Labute approximate surface area is 139 Å². The summed E-state index contributed by atoms with van der Waals surface area (Å²) in [5, 5.41) is 3.40. The van der Waals surface area contributed by atoms with E-state index in [9.17, 15) is 0 Å². The van der Waals surface area contributed by atoms with Crippen molar-refractivity contribution in [3.05, 3.63) is 48.5 Å². The summed E-state index contributed by atoms with van der Waals surface area (Å²) in [5.41, 5.74) is 1.23. The van der Waals surface area contributed by atoms with E-state index in [4.69, 9.17) is 4.74 Å². The lowest BCUT2D eigenvalue weighted by molar-refractivity contribution is 0.157. The van der Waals surface area contributed by atoms with Crippen molar-refractivity contribution in [2.45, 2.75) is 25.5 Å². The first-order chi connectivity index (χ1) is 9.58. The normalized spacial score (nSPS) is 21.4. The summed E-state index contributed by atoms with van der Waals surface area (Å²) in [6.07, 6.45) is 1.07. The molecule has 20 heavy (non-hydrogen) atoms. The highest BCUT2D eigenvalue weighted by Crippen LogP contribution is 2.44. The van der Waals surface area contributed by atoms with Gasteiger partial charge in [0.1, 0.15) is 11.9 Å². The Hall–Kier alpha value is -0.360. The van der Waals surface area contributed by atoms with Crippen LogP contribution < -0.4 is 10.1 Å². The average molecular weight is 417 g/mol. The van der Waals surface area contributed by atoms with Crippen molar-refractivity contribution in [1.82, 2.24) is 5.32 Å². The van der Waals surface area contributed by atoms with Gasteiger partial charge in [0.25, 0.3) is 0 Å². The van der Waals surface area contributed by atoms with Crippen molar-refractivity contribution in [3.63, 3.8) is 0 Å². The Morgan fingerprint density at radius 3 is 2.75 bits per heavy atom. The number of hydrogen-bond donors (Lipinski definition) is 1. The highest BCUT2D eigenvalue weighted by atomic mass is 79.9. The summed E-state index contributed by atoms with van der Waals surface area (Å²) >= 11 is 8.92. The number of fused-ring (bicyclic) bond motifs is 1. The fraction of sp³-hybridized carbons (Fsp3) is 0.333. The van der Waals surface area contributed by atoms with Crippen LogP contribution in [0.4, 0.5) is 0 Å². The molecule has 0 aliphatic carbocycles. The molecular weight excluding hydrogens is 402 g/mol. The zero-order valence-electron chi connectivity index (χ0n) is 11.2. The lowest BCUT2D eigenvalue weighted by atomic mass is 9.96. The largest absolute Gasteiger partial charge is 0.484 e. The molecule has 3 rings (SSSR count). The Morgan fingerprint density at radius 2 is 2.10 bits per heavy atom. The summed E-state index contributed by atoms with van der Waals surface area (Å²) < 4.78 is 8.46.